The molecule has 4 fully saturated rings. The number of esters is 2. The molecule has 4 atom stereocenters. The van der Waals surface area contributed by atoms with Gasteiger partial charge in [-0.3, -0.25) is 9.59 Å². The van der Waals surface area contributed by atoms with Crippen molar-refractivity contribution in [1.82, 2.24) is 4.90 Å². The van der Waals surface area contributed by atoms with Crippen LogP contribution in [0, 0.1) is 23.2 Å². The van der Waals surface area contributed by atoms with E-state index < -0.39 is 5.41 Å². The molecule has 0 amide bonds. The number of hydrogen-bond acceptors (Lipinski definition) is 7. The number of carbonyl (C=O) groups is 2. The summed E-state index contributed by atoms with van der Waals surface area (Å²) in [5, 5.41) is 0. The van der Waals surface area contributed by atoms with Gasteiger partial charge in [0.15, 0.2) is 0 Å². The number of ether oxygens (including phenoxy) is 4. The van der Waals surface area contributed by atoms with Gasteiger partial charge in [-0.2, -0.15) is 0 Å². The Labute approximate surface area is 267 Å². The van der Waals surface area contributed by atoms with Gasteiger partial charge in [0.1, 0.15) is 12.2 Å². The molecule has 0 aromatic carbocycles. The molecule has 5 rings (SSSR count). The summed E-state index contributed by atoms with van der Waals surface area (Å²) in [5.41, 5.74) is 2.61. The van der Waals surface area contributed by atoms with E-state index in [-0.39, 0.29) is 36.4 Å². The van der Waals surface area contributed by atoms with Crippen molar-refractivity contribution in [3.05, 3.63) is 11.1 Å². The van der Waals surface area contributed by atoms with Gasteiger partial charge >= 0.3 is 11.9 Å². The quantitative estimate of drug-likeness (QED) is 0.198. The van der Waals surface area contributed by atoms with E-state index in [9.17, 15) is 9.59 Å². The maximum atomic E-state index is 12.7. The number of piperidine rings is 1. The van der Waals surface area contributed by atoms with Gasteiger partial charge in [0.25, 0.3) is 0 Å². The van der Waals surface area contributed by atoms with Crippen molar-refractivity contribution in [2.45, 2.75) is 161 Å². The topological polar surface area (TPSA) is 74.3 Å². The van der Waals surface area contributed by atoms with Crippen molar-refractivity contribution in [1.29, 1.82) is 0 Å². The van der Waals surface area contributed by atoms with Crippen molar-refractivity contribution >= 4 is 11.9 Å². The van der Waals surface area contributed by atoms with Crippen LogP contribution >= 0.6 is 0 Å². The van der Waals surface area contributed by atoms with Crippen LogP contribution in [-0.4, -0.2) is 73.6 Å². The van der Waals surface area contributed by atoms with E-state index in [2.05, 4.69) is 11.8 Å². The average molecular weight is 616 g/mol. The Morgan fingerprint density at radius 1 is 0.841 bits per heavy atom. The zero-order chi connectivity index (χ0) is 31.3. The van der Waals surface area contributed by atoms with Crippen LogP contribution in [0.5, 0.6) is 0 Å². The Morgan fingerprint density at radius 2 is 1.50 bits per heavy atom. The molecule has 2 heterocycles. The molecule has 0 aromatic heterocycles. The molecule has 0 radical (unpaired) electrons. The minimum atomic E-state index is -0.491. The monoisotopic (exact) mass is 615 g/mol. The summed E-state index contributed by atoms with van der Waals surface area (Å²) in [6.45, 7) is 14.4. The standard InChI is InChI=1S/C37H61NO6/c1-6-33(39)42-29-16-10-26(11-17-29)34-25(2)31-19-18-30(43-36(40)37(3,4)5)24-32(31)44-35(34)27-12-14-28(15-13-27)41-23-22-38-20-8-7-9-21-38/h26-32,35H,6-24H2,1-5H3/t26?,27?,28?,29?,30?,31?,32?,35-/m0/s1. The van der Waals surface area contributed by atoms with Crippen LogP contribution in [-0.2, 0) is 28.5 Å². The number of fused-ring (bicyclic) bond motifs is 1. The first kappa shape index (κ1) is 33.9. The molecule has 0 bridgehead atoms. The highest BCUT2D eigenvalue weighted by Crippen LogP contribution is 2.49. The van der Waals surface area contributed by atoms with Gasteiger partial charge in [-0.15, -0.1) is 0 Å². The zero-order valence-corrected chi connectivity index (χ0v) is 28.5. The largest absolute Gasteiger partial charge is 0.462 e. The van der Waals surface area contributed by atoms with Gasteiger partial charge in [-0.05, 0) is 135 Å². The predicted molar refractivity (Wildman–Crippen MR) is 172 cm³/mol. The lowest BCUT2D eigenvalue weighted by Crippen LogP contribution is -2.48. The molecule has 3 aliphatic carbocycles. The molecule has 1 saturated heterocycles. The van der Waals surface area contributed by atoms with Gasteiger partial charge in [-0.1, -0.05) is 18.9 Å². The Balaban J connectivity index is 1.24. The Hall–Kier alpha value is -1.44. The van der Waals surface area contributed by atoms with Gasteiger partial charge in [0.2, 0.25) is 0 Å². The molecule has 5 aliphatic rings. The fourth-order valence-corrected chi connectivity index (χ4v) is 8.64. The molecule has 0 aromatic rings. The summed E-state index contributed by atoms with van der Waals surface area (Å²) in [5.74, 6) is 1.20. The lowest BCUT2D eigenvalue weighted by Gasteiger charge is -2.49. The Bertz CT molecular complexity index is 980. The SMILES string of the molecule is CCC(=O)OC1CCC(C2=C(C)C3CCC(OC(=O)C(C)(C)C)CC3O[C@H]2C2CCC(OCCN3CCCCC3)CC2)CC1. The second kappa shape index (κ2) is 15.4. The van der Waals surface area contributed by atoms with Crippen LogP contribution in [0.25, 0.3) is 0 Å². The smallest absolute Gasteiger partial charge is 0.311 e. The molecule has 3 unspecified atom stereocenters. The molecule has 250 valence electrons. The number of rotatable bonds is 9. The number of carbonyl (C=O) groups excluding carboxylic acids is 2. The molecule has 7 nitrogen and oxygen atoms in total. The van der Waals surface area contributed by atoms with Crippen molar-refractivity contribution in [2.24, 2.45) is 23.2 Å². The molecule has 2 aliphatic heterocycles. The first-order valence-corrected chi connectivity index (χ1v) is 18.2. The van der Waals surface area contributed by atoms with Crippen molar-refractivity contribution < 1.29 is 28.5 Å². The molecule has 44 heavy (non-hydrogen) atoms. The van der Waals surface area contributed by atoms with Gasteiger partial charge in [0.05, 0.1) is 30.3 Å². The van der Waals surface area contributed by atoms with Gasteiger partial charge < -0.3 is 23.8 Å². The lowest BCUT2D eigenvalue weighted by molar-refractivity contribution is -0.167. The summed E-state index contributed by atoms with van der Waals surface area (Å²) in [7, 11) is 0. The maximum Gasteiger partial charge on any atom is 0.311 e. The summed E-state index contributed by atoms with van der Waals surface area (Å²) in [4.78, 5) is 27.2. The van der Waals surface area contributed by atoms with Crippen LogP contribution in [0.15, 0.2) is 11.1 Å². The van der Waals surface area contributed by atoms with E-state index in [1.165, 1.54) is 32.4 Å². The number of nitrogens with zero attached hydrogens (tertiary/aromatic N) is 1. The summed E-state index contributed by atoms with van der Waals surface area (Å²) < 4.78 is 25.4. The van der Waals surface area contributed by atoms with Gasteiger partial charge in [0, 0.05) is 25.3 Å². The maximum absolute atomic E-state index is 12.7. The highest BCUT2D eigenvalue weighted by Gasteiger charge is 2.46. The summed E-state index contributed by atoms with van der Waals surface area (Å²) in [6.07, 6.45) is 16.3. The van der Waals surface area contributed by atoms with Crippen molar-refractivity contribution in [2.75, 3.05) is 26.2 Å². The summed E-state index contributed by atoms with van der Waals surface area (Å²) >= 11 is 0. The molecular weight excluding hydrogens is 554 g/mol. The lowest BCUT2D eigenvalue weighted by atomic mass is 9.67. The summed E-state index contributed by atoms with van der Waals surface area (Å²) in [6, 6.07) is 0. The normalized spacial score (nSPS) is 35.6. The fourth-order valence-electron chi connectivity index (χ4n) is 8.64. The number of hydrogen-bond donors (Lipinski definition) is 0. The third-order valence-corrected chi connectivity index (χ3v) is 11.3. The third kappa shape index (κ3) is 8.67. The van der Waals surface area contributed by atoms with Gasteiger partial charge in [-0.25, -0.2) is 0 Å². The van der Waals surface area contributed by atoms with Crippen molar-refractivity contribution in [3.63, 3.8) is 0 Å². The van der Waals surface area contributed by atoms with E-state index in [1.807, 2.05) is 27.7 Å². The third-order valence-electron chi connectivity index (χ3n) is 11.3. The fraction of sp³-hybridized carbons (Fsp3) is 0.892. The van der Waals surface area contributed by atoms with Crippen LogP contribution < -0.4 is 0 Å². The van der Waals surface area contributed by atoms with Crippen LogP contribution in [0.4, 0.5) is 0 Å². The highest BCUT2D eigenvalue weighted by atomic mass is 16.6. The predicted octanol–water partition coefficient (Wildman–Crippen LogP) is 7.40. The Morgan fingerprint density at radius 3 is 2.16 bits per heavy atom. The van der Waals surface area contributed by atoms with Crippen LogP contribution in [0.1, 0.15) is 131 Å². The average Bonchev–Trinajstić information content (AvgIpc) is 3.02. The molecular formula is C37H61NO6. The van der Waals surface area contributed by atoms with Crippen LogP contribution in [0.3, 0.4) is 0 Å². The van der Waals surface area contributed by atoms with E-state index in [4.69, 9.17) is 18.9 Å². The van der Waals surface area contributed by atoms with Crippen molar-refractivity contribution in [3.8, 4) is 0 Å². The molecule has 0 N–H and O–H groups in total. The highest BCUT2D eigenvalue weighted by molar-refractivity contribution is 5.75. The molecule has 7 heteroatoms. The zero-order valence-electron chi connectivity index (χ0n) is 28.5. The second-order valence-electron chi connectivity index (χ2n) is 15.6. The van der Waals surface area contributed by atoms with E-state index in [1.54, 1.807) is 11.1 Å². The van der Waals surface area contributed by atoms with Crippen LogP contribution in [0.2, 0.25) is 0 Å². The number of likely N-dealkylation sites (tertiary alicyclic amines) is 1. The minimum absolute atomic E-state index is 0.0563. The minimum Gasteiger partial charge on any atom is -0.462 e. The van der Waals surface area contributed by atoms with E-state index >= 15 is 0 Å². The van der Waals surface area contributed by atoms with E-state index in [0.29, 0.717) is 30.3 Å². The molecule has 3 saturated carbocycles. The first-order chi connectivity index (χ1) is 21.1. The first-order valence-electron chi connectivity index (χ1n) is 18.2. The second-order valence-corrected chi connectivity index (χ2v) is 15.6. The molecule has 0 spiro atoms. The Kier molecular flexibility index (Phi) is 11.9. The van der Waals surface area contributed by atoms with E-state index in [0.717, 1.165) is 83.8 Å².